The number of hydroxylamine groups is 4. The van der Waals surface area contributed by atoms with Gasteiger partial charge in [-0.25, -0.2) is 10.1 Å². The summed E-state index contributed by atoms with van der Waals surface area (Å²) in [4.78, 5) is 0. The van der Waals surface area contributed by atoms with Crippen LogP contribution < -0.4 is 0 Å². The van der Waals surface area contributed by atoms with Crippen LogP contribution in [0.3, 0.4) is 0 Å². The molecule has 2 aliphatic heterocycles. The number of aromatic hydroxyl groups is 2. The highest BCUT2D eigenvalue weighted by Gasteiger charge is 2.35. The lowest BCUT2D eigenvalue weighted by atomic mass is 9.89. The van der Waals surface area contributed by atoms with Crippen LogP contribution in [0.1, 0.15) is 34.3 Å². The van der Waals surface area contributed by atoms with Gasteiger partial charge >= 0.3 is 0 Å². The predicted octanol–water partition coefficient (Wildman–Crippen LogP) is 3.45. The van der Waals surface area contributed by atoms with Gasteiger partial charge in [-0.3, -0.25) is 10.4 Å². The maximum Gasteiger partial charge on any atom is 0.139 e. The molecule has 0 amide bonds. The van der Waals surface area contributed by atoms with E-state index in [2.05, 4.69) is 20.4 Å². The Kier molecular flexibility index (Phi) is 5.50. The summed E-state index contributed by atoms with van der Waals surface area (Å²) in [6.07, 6.45) is 2.26. The van der Waals surface area contributed by atoms with E-state index in [9.17, 15) is 20.6 Å². The molecule has 10 nitrogen and oxygen atoms in total. The number of phenols is 2. The molecule has 0 saturated heterocycles. The molecule has 3 aromatic rings. The number of rotatable bonds is 4. The quantitative estimate of drug-likeness (QED) is 0.475. The van der Waals surface area contributed by atoms with Crippen LogP contribution in [-0.2, 0) is 0 Å². The van der Waals surface area contributed by atoms with Crippen LogP contribution in [0.15, 0.2) is 93.2 Å². The molecule has 3 aromatic carbocycles. The van der Waals surface area contributed by atoms with Crippen molar-refractivity contribution in [1.29, 1.82) is 0 Å². The SMILES string of the molecule is Oc1cc(O)c(C2C(c3ccccc3)=NN=CN2O)cc1C1C(c2ccccc2)=NN=CN1O. The van der Waals surface area contributed by atoms with E-state index in [4.69, 9.17) is 0 Å². The molecule has 34 heavy (non-hydrogen) atoms. The van der Waals surface area contributed by atoms with Gasteiger partial charge in [0.25, 0.3) is 0 Å². The molecule has 4 N–H and O–H groups in total. The lowest BCUT2D eigenvalue weighted by Gasteiger charge is -2.31. The van der Waals surface area contributed by atoms with Crippen LogP contribution in [0.5, 0.6) is 11.5 Å². The zero-order valence-corrected chi connectivity index (χ0v) is 17.7. The summed E-state index contributed by atoms with van der Waals surface area (Å²) in [6.45, 7) is 0. The number of phenolic OH excluding ortho intramolecular Hbond substituents is 2. The van der Waals surface area contributed by atoms with E-state index in [0.29, 0.717) is 22.6 Å². The minimum absolute atomic E-state index is 0.243. The van der Waals surface area contributed by atoms with E-state index < -0.39 is 12.1 Å². The van der Waals surface area contributed by atoms with Crippen molar-refractivity contribution in [2.45, 2.75) is 12.1 Å². The Labute approximate surface area is 194 Å². The van der Waals surface area contributed by atoms with Crippen LogP contribution in [0.4, 0.5) is 0 Å². The second kappa shape index (κ2) is 8.77. The molecule has 0 radical (unpaired) electrons. The molecule has 0 spiro atoms. The summed E-state index contributed by atoms with van der Waals surface area (Å²) in [5.74, 6) is -0.534. The molecule has 0 aromatic heterocycles. The van der Waals surface area contributed by atoms with Crippen LogP contribution in [0, 0.1) is 0 Å². The normalized spacial score (nSPS) is 19.7. The Balaban J connectivity index is 1.64. The van der Waals surface area contributed by atoms with Crippen LogP contribution in [-0.4, -0.2) is 54.9 Å². The Bertz CT molecular complexity index is 1230. The Morgan fingerprint density at radius 3 is 1.41 bits per heavy atom. The topological polar surface area (TPSA) is 137 Å². The molecule has 10 heteroatoms. The highest BCUT2D eigenvalue weighted by molar-refractivity contribution is 6.08. The highest BCUT2D eigenvalue weighted by Crippen LogP contribution is 2.40. The zero-order chi connectivity index (χ0) is 23.7. The Hall–Kier alpha value is -4.54. The van der Waals surface area contributed by atoms with Crippen LogP contribution in [0.25, 0.3) is 0 Å². The summed E-state index contributed by atoms with van der Waals surface area (Å²) in [7, 11) is 0. The average molecular weight is 456 g/mol. The standard InChI is InChI=1S/C24H20N6O4/c31-19-12-20(32)18(24-22(28-26-14-30(24)34)16-9-5-2-6-10-16)11-17(19)23-21(27-25-13-29(23)33)15-7-3-1-4-8-15/h1-14,23-24,31-34H. The molecule has 5 rings (SSSR count). The molecule has 2 heterocycles. The second-order valence-corrected chi connectivity index (χ2v) is 7.70. The van der Waals surface area contributed by atoms with Gasteiger partial charge in [-0.2, -0.15) is 10.2 Å². The van der Waals surface area contributed by atoms with E-state index in [1.807, 2.05) is 60.7 Å². The van der Waals surface area contributed by atoms with Gasteiger partial charge in [0, 0.05) is 28.3 Å². The van der Waals surface area contributed by atoms with Crippen molar-refractivity contribution in [3.05, 3.63) is 95.1 Å². The summed E-state index contributed by atoms with van der Waals surface area (Å²) in [5, 5.41) is 60.6. The summed E-state index contributed by atoms with van der Waals surface area (Å²) in [5.41, 5.74) is 2.65. The van der Waals surface area contributed by atoms with Crippen LogP contribution >= 0.6 is 0 Å². The van der Waals surface area contributed by atoms with Crippen molar-refractivity contribution in [3.8, 4) is 11.5 Å². The maximum absolute atomic E-state index is 10.8. The van der Waals surface area contributed by atoms with Crippen molar-refractivity contribution in [3.63, 3.8) is 0 Å². The lowest BCUT2D eigenvalue weighted by Crippen LogP contribution is -2.35. The first-order valence-electron chi connectivity index (χ1n) is 10.4. The average Bonchev–Trinajstić information content (AvgIpc) is 2.86. The van der Waals surface area contributed by atoms with Gasteiger partial charge in [-0.1, -0.05) is 60.7 Å². The molecule has 0 bridgehead atoms. The maximum atomic E-state index is 10.8. The fourth-order valence-electron chi connectivity index (χ4n) is 4.05. The smallest absolute Gasteiger partial charge is 0.139 e. The number of benzene rings is 3. The van der Waals surface area contributed by atoms with E-state index in [-0.39, 0.29) is 22.6 Å². The van der Waals surface area contributed by atoms with Crippen LogP contribution in [0.2, 0.25) is 0 Å². The predicted molar refractivity (Wildman–Crippen MR) is 125 cm³/mol. The minimum atomic E-state index is -0.930. The first-order chi connectivity index (χ1) is 16.5. The van der Waals surface area contributed by atoms with Gasteiger partial charge in [0.2, 0.25) is 0 Å². The molecule has 2 unspecified atom stereocenters. The van der Waals surface area contributed by atoms with Crippen molar-refractivity contribution in [2.75, 3.05) is 0 Å². The van der Waals surface area contributed by atoms with Gasteiger partial charge in [0.05, 0.1) is 0 Å². The third kappa shape index (κ3) is 3.76. The molecular weight excluding hydrogens is 436 g/mol. The number of nitrogens with zero attached hydrogens (tertiary/aromatic N) is 6. The van der Waals surface area contributed by atoms with Gasteiger partial charge in [-0.05, 0) is 6.07 Å². The largest absolute Gasteiger partial charge is 0.507 e. The lowest BCUT2D eigenvalue weighted by molar-refractivity contribution is -0.0315. The van der Waals surface area contributed by atoms with Gasteiger partial charge in [0.1, 0.15) is 47.7 Å². The van der Waals surface area contributed by atoms with E-state index in [0.717, 1.165) is 28.9 Å². The Morgan fingerprint density at radius 2 is 1.00 bits per heavy atom. The molecule has 170 valence electrons. The van der Waals surface area contributed by atoms with Crippen molar-refractivity contribution in [2.24, 2.45) is 20.4 Å². The molecule has 2 aliphatic rings. The highest BCUT2D eigenvalue weighted by atomic mass is 16.5. The molecular formula is C24H20N6O4. The third-order valence-electron chi connectivity index (χ3n) is 5.62. The van der Waals surface area contributed by atoms with E-state index >= 15 is 0 Å². The first-order valence-corrected chi connectivity index (χ1v) is 10.4. The second-order valence-electron chi connectivity index (χ2n) is 7.70. The van der Waals surface area contributed by atoms with Gasteiger partial charge < -0.3 is 10.2 Å². The van der Waals surface area contributed by atoms with E-state index in [1.165, 1.54) is 6.07 Å². The number of hydrogen-bond acceptors (Lipinski definition) is 10. The van der Waals surface area contributed by atoms with Gasteiger partial charge in [-0.15, -0.1) is 10.2 Å². The molecule has 0 aliphatic carbocycles. The summed E-state index contributed by atoms with van der Waals surface area (Å²) < 4.78 is 0. The summed E-state index contributed by atoms with van der Waals surface area (Å²) >= 11 is 0. The van der Waals surface area contributed by atoms with Crippen molar-refractivity contribution in [1.82, 2.24) is 10.1 Å². The molecule has 0 saturated carbocycles. The Morgan fingerprint density at radius 1 is 0.588 bits per heavy atom. The third-order valence-corrected chi connectivity index (χ3v) is 5.62. The monoisotopic (exact) mass is 456 g/mol. The minimum Gasteiger partial charge on any atom is -0.507 e. The van der Waals surface area contributed by atoms with Crippen molar-refractivity contribution >= 4 is 24.1 Å². The first kappa shape index (κ1) is 21.3. The fourth-order valence-corrected chi connectivity index (χ4v) is 4.05. The van der Waals surface area contributed by atoms with E-state index in [1.54, 1.807) is 0 Å². The zero-order valence-electron chi connectivity index (χ0n) is 17.7. The molecule has 0 fully saturated rings. The molecule has 2 atom stereocenters. The number of hydrogen-bond donors (Lipinski definition) is 4. The summed E-state index contributed by atoms with van der Waals surface area (Å²) in [6, 6.07) is 19.0. The van der Waals surface area contributed by atoms with Crippen molar-refractivity contribution < 1.29 is 20.6 Å². The fraction of sp³-hybridized carbons (Fsp3) is 0.0833. The van der Waals surface area contributed by atoms with Gasteiger partial charge in [0.15, 0.2) is 0 Å².